The van der Waals surface area contributed by atoms with E-state index in [1.54, 1.807) is 31.8 Å². The second-order valence-electron chi connectivity index (χ2n) is 18.8. The first-order valence-electron chi connectivity index (χ1n) is 21.1. The van der Waals surface area contributed by atoms with Crippen LogP contribution in [0.4, 0.5) is 0 Å². The van der Waals surface area contributed by atoms with E-state index in [-0.39, 0.29) is 19.5 Å². The van der Waals surface area contributed by atoms with Gasteiger partial charge in [0.15, 0.2) is 0 Å². The summed E-state index contributed by atoms with van der Waals surface area (Å²) in [6.45, 7) is 22.3. The van der Waals surface area contributed by atoms with Crippen molar-refractivity contribution in [2.75, 3.05) is 18.5 Å². The maximum absolute atomic E-state index is 2.47. The zero-order valence-corrected chi connectivity index (χ0v) is 44.5. The van der Waals surface area contributed by atoms with Crippen molar-refractivity contribution in [3.05, 3.63) is 182 Å². The molecule has 0 spiro atoms. The standard InChI is InChI=1S/3C17H23PSi.Rh/c3*1-19(2,3)15-14-18(16-10-6-4-7-11-16)17-12-8-5-9-13-17;/h3*4-13H,14-15H2,1-3H3;/p+3. The Bertz CT molecular complexity index is 1580. The molecule has 0 aliphatic carbocycles. The maximum atomic E-state index is 2.47. The molecule has 0 fully saturated rings. The van der Waals surface area contributed by atoms with E-state index in [1.807, 2.05) is 0 Å². The monoisotopic (exact) mass is 964 g/mol. The molecule has 0 unspecified atom stereocenters. The summed E-state index contributed by atoms with van der Waals surface area (Å²) in [5.41, 5.74) is 0. The third-order valence-electron chi connectivity index (χ3n) is 10.1. The summed E-state index contributed by atoms with van der Waals surface area (Å²) in [4.78, 5) is 0. The molecule has 0 nitrogen and oxygen atoms in total. The summed E-state index contributed by atoms with van der Waals surface area (Å²) in [6, 6.07) is 70.8. The van der Waals surface area contributed by atoms with Gasteiger partial charge in [-0.25, -0.2) is 0 Å². The van der Waals surface area contributed by atoms with E-state index in [9.17, 15) is 0 Å². The molecule has 0 bridgehead atoms. The van der Waals surface area contributed by atoms with E-state index < -0.39 is 48.0 Å². The number of hydrogen-bond acceptors (Lipinski definition) is 0. The minimum atomic E-state index is -0.960. The molecule has 0 aliphatic heterocycles. The van der Waals surface area contributed by atoms with Gasteiger partial charge < -0.3 is 0 Å². The Kier molecular flexibility index (Phi) is 22.2. The van der Waals surface area contributed by atoms with Crippen LogP contribution in [0.5, 0.6) is 0 Å². The molecule has 0 aliphatic rings. The fourth-order valence-corrected chi connectivity index (χ4v) is 25.0. The van der Waals surface area contributed by atoms with E-state index in [2.05, 4.69) is 241 Å². The van der Waals surface area contributed by atoms with Crippen LogP contribution in [0.15, 0.2) is 182 Å². The quantitative estimate of drug-likeness (QED) is 0.0711. The topological polar surface area (TPSA) is 0 Å². The first kappa shape index (κ1) is 50.2. The average Bonchev–Trinajstić information content (AvgIpc) is 3.20. The van der Waals surface area contributed by atoms with Gasteiger partial charge in [-0.2, -0.15) is 0 Å². The van der Waals surface area contributed by atoms with Gasteiger partial charge >= 0.3 is 0 Å². The first-order valence-corrected chi connectivity index (χ1v) is 37.3. The molecular formula is C51H72P3RhSi3+3. The predicted molar refractivity (Wildman–Crippen MR) is 280 cm³/mol. The fourth-order valence-electron chi connectivity index (χ4n) is 6.70. The van der Waals surface area contributed by atoms with Crippen LogP contribution in [-0.4, -0.2) is 42.7 Å². The van der Waals surface area contributed by atoms with Gasteiger partial charge in [0.2, 0.25) is 0 Å². The molecule has 7 heteroatoms. The maximum Gasteiger partial charge on any atom is 0.0966 e. The summed E-state index contributed by atoms with van der Waals surface area (Å²) in [7, 11) is -4.67. The Morgan fingerprint density at radius 3 is 0.517 bits per heavy atom. The normalized spacial score (nSPS) is 11.6. The van der Waals surface area contributed by atoms with E-state index in [0.29, 0.717) is 0 Å². The van der Waals surface area contributed by atoms with Crippen molar-refractivity contribution < 1.29 is 19.5 Å². The van der Waals surface area contributed by atoms with Crippen molar-refractivity contribution in [1.82, 2.24) is 0 Å². The summed E-state index contributed by atoms with van der Waals surface area (Å²) in [6.07, 6.45) is 4.11. The summed E-state index contributed by atoms with van der Waals surface area (Å²) in [5.74, 6) is 0. The van der Waals surface area contributed by atoms with Crippen molar-refractivity contribution in [3.8, 4) is 0 Å². The summed E-state index contributed by atoms with van der Waals surface area (Å²) < 4.78 is 0. The Morgan fingerprint density at radius 2 is 0.397 bits per heavy atom. The minimum absolute atomic E-state index is 0. The Labute approximate surface area is 374 Å². The van der Waals surface area contributed by atoms with Crippen molar-refractivity contribution in [1.29, 1.82) is 0 Å². The van der Waals surface area contributed by atoms with Gasteiger partial charge in [-0.15, -0.1) is 0 Å². The van der Waals surface area contributed by atoms with Crippen molar-refractivity contribution >= 4 is 79.8 Å². The van der Waals surface area contributed by atoms with Gasteiger partial charge in [0.1, 0.15) is 0 Å². The van der Waals surface area contributed by atoms with Gasteiger partial charge in [-0.1, -0.05) is 168 Å². The predicted octanol–water partition coefficient (Wildman–Crippen LogP) is 12.6. The van der Waals surface area contributed by atoms with Crippen molar-refractivity contribution in [2.45, 2.75) is 77.1 Å². The SMILES string of the molecule is C[Si](C)(C)CC[PH+](c1ccccc1)c1ccccc1.C[Si](C)(C)CC[PH+](c1ccccc1)c1ccccc1.C[Si](C)(C)CC[PH+](c1ccccc1)c1ccccc1.[Rh]. The molecule has 6 aromatic carbocycles. The Morgan fingerprint density at radius 1 is 0.259 bits per heavy atom. The molecule has 0 atom stereocenters. The van der Waals surface area contributed by atoms with Crippen molar-refractivity contribution in [2.24, 2.45) is 0 Å². The van der Waals surface area contributed by atoms with E-state index in [4.69, 9.17) is 0 Å². The van der Waals surface area contributed by atoms with Gasteiger partial charge in [0.25, 0.3) is 0 Å². The largest absolute Gasteiger partial charge is 0.0966 e. The smallest absolute Gasteiger partial charge is 0.0694 e. The van der Waals surface area contributed by atoms with E-state index >= 15 is 0 Å². The summed E-state index contributed by atoms with van der Waals surface area (Å²) >= 11 is 0. The minimum Gasteiger partial charge on any atom is -0.0694 e. The molecule has 0 N–H and O–H groups in total. The fraction of sp³-hybridized carbons (Fsp3) is 0.294. The van der Waals surface area contributed by atoms with Gasteiger partial charge in [-0.05, 0) is 90.9 Å². The van der Waals surface area contributed by atoms with Crippen LogP contribution < -0.4 is 31.8 Å². The molecule has 6 rings (SSSR count). The Hall–Kier alpha value is -2.12. The van der Waals surface area contributed by atoms with E-state index in [0.717, 1.165) is 0 Å². The van der Waals surface area contributed by atoms with Crippen LogP contribution in [0, 0.1) is 0 Å². The second-order valence-corrected chi connectivity index (χ2v) is 43.5. The third kappa shape index (κ3) is 19.5. The molecule has 0 saturated carbocycles. The number of benzene rings is 6. The number of hydrogen-bond donors (Lipinski definition) is 0. The molecule has 0 saturated heterocycles. The second kappa shape index (κ2) is 25.6. The molecule has 58 heavy (non-hydrogen) atoms. The molecule has 0 aromatic heterocycles. The molecule has 0 heterocycles. The molecule has 0 amide bonds. The third-order valence-corrected chi connectivity index (χ3v) is 25.3. The van der Waals surface area contributed by atoms with Crippen molar-refractivity contribution in [3.63, 3.8) is 0 Å². The van der Waals surface area contributed by atoms with Crippen LogP contribution in [-0.2, 0) is 19.5 Å². The van der Waals surface area contributed by atoms with Crippen LogP contribution in [0.1, 0.15) is 0 Å². The first-order chi connectivity index (χ1) is 27.2. The summed E-state index contributed by atoms with van der Waals surface area (Å²) in [5, 5.41) is 9.32. The average molecular weight is 965 g/mol. The number of rotatable bonds is 15. The Balaban J connectivity index is 0.000000231. The molecule has 6 aromatic rings. The van der Waals surface area contributed by atoms with Gasteiger partial charge in [0.05, 0.1) is 74.1 Å². The zero-order chi connectivity index (χ0) is 41.2. The van der Waals surface area contributed by atoms with Gasteiger partial charge in [0, 0.05) is 43.7 Å². The van der Waals surface area contributed by atoms with Gasteiger partial charge in [-0.3, -0.25) is 0 Å². The van der Waals surface area contributed by atoms with Crippen LogP contribution in [0.2, 0.25) is 77.1 Å². The van der Waals surface area contributed by atoms with E-state index in [1.165, 1.54) is 36.6 Å². The van der Waals surface area contributed by atoms with Crippen LogP contribution in [0.3, 0.4) is 0 Å². The molecule has 1 radical (unpaired) electrons. The molecular weight excluding hydrogens is 893 g/mol. The van der Waals surface area contributed by atoms with Crippen LogP contribution in [0.25, 0.3) is 0 Å². The zero-order valence-electron chi connectivity index (χ0n) is 36.9. The van der Waals surface area contributed by atoms with Crippen LogP contribution >= 0.6 is 23.8 Å². The molecule has 309 valence electrons.